The smallest absolute Gasteiger partial charge is 0.343 e. The molecule has 0 unspecified atom stereocenters. The summed E-state index contributed by atoms with van der Waals surface area (Å²) >= 11 is 0. The fourth-order valence-electron chi connectivity index (χ4n) is 1.24. The van der Waals surface area contributed by atoms with Gasteiger partial charge in [-0.3, -0.25) is 0 Å². The lowest BCUT2D eigenvalue weighted by molar-refractivity contribution is 0.0602. The molecule has 82 valence electrons. The van der Waals surface area contributed by atoms with Crippen LogP contribution in [0.5, 0.6) is 0 Å². The van der Waals surface area contributed by atoms with Crippen molar-refractivity contribution < 1.29 is 19.4 Å². The van der Waals surface area contributed by atoms with Crippen molar-refractivity contribution in [1.82, 2.24) is 14.6 Å². The Morgan fingerprint density at radius 2 is 2.19 bits per heavy atom. The number of carbonyl (C=O) groups excluding carboxylic acids is 1. The Morgan fingerprint density at radius 3 is 2.81 bits per heavy atom. The number of carboxylic acid groups (broad SMARTS) is 1. The maximum Gasteiger partial charge on any atom is 0.343 e. The lowest BCUT2D eigenvalue weighted by atomic mass is 10.3. The van der Waals surface area contributed by atoms with E-state index in [1.807, 2.05) is 0 Å². The molecule has 2 rings (SSSR count). The highest BCUT2D eigenvalue weighted by molar-refractivity contribution is 5.95. The van der Waals surface area contributed by atoms with Crippen molar-refractivity contribution in [2.45, 2.75) is 0 Å². The molecule has 0 saturated heterocycles. The number of esters is 1. The van der Waals surface area contributed by atoms with Crippen LogP contribution in [0.1, 0.15) is 20.7 Å². The Bertz CT molecular complexity index is 575. The highest BCUT2D eigenvalue weighted by Crippen LogP contribution is 2.09. The summed E-state index contributed by atoms with van der Waals surface area (Å²) in [5.41, 5.74) is 0.448. The maximum absolute atomic E-state index is 11.3. The highest BCUT2D eigenvalue weighted by Gasteiger charge is 2.15. The van der Waals surface area contributed by atoms with E-state index in [1.165, 1.54) is 24.0 Å². The minimum Gasteiger partial charge on any atom is -0.478 e. The zero-order valence-corrected chi connectivity index (χ0v) is 8.25. The molecular formula is C9H7N3O4. The van der Waals surface area contributed by atoms with Gasteiger partial charge in [0.05, 0.1) is 18.9 Å². The van der Waals surface area contributed by atoms with Gasteiger partial charge in [-0.05, 0) is 0 Å². The van der Waals surface area contributed by atoms with Crippen LogP contribution in [0.3, 0.4) is 0 Å². The molecule has 1 N–H and O–H groups in total. The monoisotopic (exact) mass is 221 g/mol. The van der Waals surface area contributed by atoms with Gasteiger partial charge >= 0.3 is 11.9 Å². The van der Waals surface area contributed by atoms with Crippen molar-refractivity contribution in [3.05, 3.63) is 29.7 Å². The first-order valence-electron chi connectivity index (χ1n) is 4.28. The van der Waals surface area contributed by atoms with E-state index < -0.39 is 11.9 Å². The Hall–Kier alpha value is -2.44. The molecule has 0 atom stereocenters. The molecule has 0 spiro atoms. The first-order chi connectivity index (χ1) is 7.63. The number of rotatable bonds is 2. The van der Waals surface area contributed by atoms with Gasteiger partial charge in [-0.2, -0.15) is 5.10 Å². The molecule has 0 amide bonds. The number of methoxy groups -OCH3 is 1. The maximum atomic E-state index is 11.3. The molecule has 0 radical (unpaired) electrons. The van der Waals surface area contributed by atoms with E-state index in [-0.39, 0.29) is 16.8 Å². The number of ether oxygens (including phenoxy) is 1. The molecule has 0 bridgehead atoms. The normalized spacial score (nSPS) is 10.3. The Balaban J connectivity index is 2.59. The number of carboxylic acids is 1. The van der Waals surface area contributed by atoms with Crippen LogP contribution in [0, 0.1) is 0 Å². The van der Waals surface area contributed by atoms with Crippen LogP contribution in [0.15, 0.2) is 18.6 Å². The number of fused-ring (bicyclic) bond motifs is 1. The Kier molecular flexibility index (Phi) is 2.28. The minimum absolute atomic E-state index is 0.00739. The van der Waals surface area contributed by atoms with Gasteiger partial charge in [0, 0.05) is 12.4 Å². The van der Waals surface area contributed by atoms with E-state index in [0.717, 1.165) is 6.20 Å². The molecule has 0 aliphatic heterocycles. The first kappa shape index (κ1) is 10.1. The molecule has 7 nitrogen and oxygen atoms in total. The first-order valence-corrected chi connectivity index (χ1v) is 4.28. The zero-order chi connectivity index (χ0) is 11.7. The summed E-state index contributed by atoms with van der Waals surface area (Å²) in [4.78, 5) is 25.8. The van der Waals surface area contributed by atoms with Gasteiger partial charge < -0.3 is 9.84 Å². The average molecular weight is 221 g/mol. The molecule has 2 heterocycles. The van der Waals surface area contributed by atoms with Crippen molar-refractivity contribution in [3.8, 4) is 0 Å². The third kappa shape index (κ3) is 1.48. The Labute approximate surface area is 89.3 Å². The minimum atomic E-state index is -1.11. The van der Waals surface area contributed by atoms with Gasteiger partial charge in [0.15, 0.2) is 5.65 Å². The van der Waals surface area contributed by atoms with E-state index in [4.69, 9.17) is 5.11 Å². The van der Waals surface area contributed by atoms with Crippen LogP contribution in [-0.2, 0) is 4.74 Å². The van der Waals surface area contributed by atoms with E-state index in [9.17, 15) is 9.59 Å². The van der Waals surface area contributed by atoms with Crippen molar-refractivity contribution in [3.63, 3.8) is 0 Å². The molecule has 0 saturated carbocycles. The van der Waals surface area contributed by atoms with E-state index in [0.29, 0.717) is 0 Å². The number of hydrogen-bond donors (Lipinski definition) is 1. The topological polar surface area (TPSA) is 93.8 Å². The van der Waals surface area contributed by atoms with Gasteiger partial charge in [0.25, 0.3) is 0 Å². The van der Waals surface area contributed by atoms with Gasteiger partial charge in [-0.25, -0.2) is 19.1 Å². The van der Waals surface area contributed by atoms with Gasteiger partial charge in [-0.1, -0.05) is 0 Å². The number of hydrogen-bond acceptors (Lipinski definition) is 5. The van der Waals surface area contributed by atoms with E-state index in [2.05, 4.69) is 14.8 Å². The van der Waals surface area contributed by atoms with Gasteiger partial charge in [0.1, 0.15) is 5.56 Å². The molecule has 0 aliphatic rings. The number of nitrogens with zero attached hydrogens (tertiary/aromatic N) is 3. The molecule has 0 fully saturated rings. The lowest BCUT2D eigenvalue weighted by Crippen LogP contribution is -2.04. The predicted octanol–water partition coefficient (Wildman–Crippen LogP) is 0.214. The van der Waals surface area contributed by atoms with Crippen LogP contribution in [-0.4, -0.2) is 38.8 Å². The van der Waals surface area contributed by atoms with Crippen LogP contribution < -0.4 is 0 Å². The van der Waals surface area contributed by atoms with E-state index in [1.54, 1.807) is 0 Å². The largest absolute Gasteiger partial charge is 0.478 e. The summed E-state index contributed by atoms with van der Waals surface area (Å²) in [7, 11) is 1.25. The lowest BCUT2D eigenvalue weighted by Gasteiger charge is -1.97. The quantitative estimate of drug-likeness (QED) is 0.728. The van der Waals surface area contributed by atoms with Crippen LogP contribution in [0.2, 0.25) is 0 Å². The third-order valence-corrected chi connectivity index (χ3v) is 2.01. The summed E-state index contributed by atoms with van der Waals surface area (Å²) in [6.45, 7) is 0. The summed E-state index contributed by atoms with van der Waals surface area (Å²) in [6, 6.07) is 0. The molecule has 16 heavy (non-hydrogen) atoms. The second kappa shape index (κ2) is 3.61. The molecule has 7 heteroatoms. The van der Waals surface area contributed by atoms with Crippen LogP contribution >= 0.6 is 0 Å². The summed E-state index contributed by atoms with van der Waals surface area (Å²) in [6.07, 6.45) is 3.71. The van der Waals surface area contributed by atoms with Crippen molar-refractivity contribution in [2.24, 2.45) is 0 Å². The van der Waals surface area contributed by atoms with Crippen LogP contribution in [0.4, 0.5) is 0 Å². The third-order valence-electron chi connectivity index (χ3n) is 2.01. The predicted molar refractivity (Wildman–Crippen MR) is 51.3 cm³/mol. The fraction of sp³-hybridized carbons (Fsp3) is 0.111. The summed E-state index contributed by atoms with van der Waals surface area (Å²) in [5.74, 6) is -1.67. The number of aromatic nitrogens is 3. The number of carbonyl (C=O) groups is 2. The highest BCUT2D eigenvalue weighted by atomic mass is 16.5. The molecule has 0 aromatic carbocycles. The van der Waals surface area contributed by atoms with Crippen molar-refractivity contribution in [1.29, 1.82) is 0 Å². The van der Waals surface area contributed by atoms with Gasteiger partial charge in [0.2, 0.25) is 0 Å². The molecule has 0 aliphatic carbocycles. The molecule has 2 aromatic rings. The standard InChI is InChI=1S/C9H7N3O4/c1-16-9(15)6-3-11-12-4-5(8(13)14)2-10-7(6)12/h2-4H,1H3,(H,13,14). The van der Waals surface area contributed by atoms with Crippen molar-refractivity contribution >= 4 is 17.6 Å². The second-order valence-corrected chi connectivity index (χ2v) is 2.97. The Morgan fingerprint density at radius 1 is 1.44 bits per heavy atom. The number of aromatic carboxylic acids is 1. The van der Waals surface area contributed by atoms with Gasteiger partial charge in [-0.15, -0.1) is 0 Å². The molecular weight excluding hydrogens is 214 g/mol. The second-order valence-electron chi connectivity index (χ2n) is 2.97. The zero-order valence-electron chi connectivity index (χ0n) is 8.25. The summed E-state index contributed by atoms with van der Waals surface area (Å²) < 4.78 is 5.75. The SMILES string of the molecule is COC(=O)c1cnn2cc(C(=O)O)cnc12. The summed E-state index contributed by atoms with van der Waals surface area (Å²) in [5, 5.41) is 12.6. The fourth-order valence-corrected chi connectivity index (χ4v) is 1.24. The van der Waals surface area contributed by atoms with E-state index >= 15 is 0 Å². The van der Waals surface area contributed by atoms with Crippen LogP contribution in [0.25, 0.3) is 5.65 Å². The average Bonchev–Trinajstić information content (AvgIpc) is 2.70. The molecule has 2 aromatic heterocycles. The van der Waals surface area contributed by atoms with Crippen molar-refractivity contribution in [2.75, 3.05) is 7.11 Å².